The lowest BCUT2D eigenvalue weighted by Gasteiger charge is -1.99. The number of benzene rings is 1. The normalized spacial score (nSPS) is 16.2. The van der Waals surface area contributed by atoms with Crippen molar-refractivity contribution in [2.45, 2.75) is 0 Å². The van der Waals surface area contributed by atoms with Gasteiger partial charge in [0, 0.05) is 21.7 Å². The Morgan fingerprint density at radius 3 is 2.43 bits per heavy atom. The molecule has 2 aromatic rings. The zero-order valence-corrected chi connectivity index (χ0v) is 12.8. The van der Waals surface area contributed by atoms with E-state index >= 15 is 0 Å². The van der Waals surface area contributed by atoms with Crippen molar-refractivity contribution < 1.29 is 9.21 Å². The second-order valence-electron chi connectivity index (χ2n) is 4.33. The molecule has 2 N–H and O–H groups in total. The molecule has 1 aliphatic rings. The number of nitrogens with one attached hydrogen (secondary N) is 2. The van der Waals surface area contributed by atoms with Gasteiger partial charge in [0.05, 0.1) is 0 Å². The van der Waals surface area contributed by atoms with Crippen LogP contribution in [0.2, 0.25) is 10.0 Å². The predicted octanol–water partition coefficient (Wildman–Crippen LogP) is 3.60. The van der Waals surface area contributed by atoms with Gasteiger partial charge in [-0.3, -0.25) is 10.1 Å². The first-order chi connectivity index (χ1) is 10.0. The van der Waals surface area contributed by atoms with Crippen molar-refractivity contribution in [2.75, 3.05) is 0 Å². The zero-order chi connectivity index (χ0) is 15.0. The fourth-order valence-corrected chi connectivity index (χ4v) is 2.64. The molecule has 0 radical (unpaired) electrons. The minimum Gasteiger partial charge on any atom is -0.457 e. The Morgan fingerprint density at radius 1 is 1.10 bits per heavy atom. The van der Waals surface area contributed by atoms with Crippen molar-refractivity contribution in [3.63, 3.8) is 0 Å². The Bertz CT molecular complexity index is 763. The first-order valence-corrected chi connectivity index (χ1v) is 7.08. The zero-order valence-electron chi connectivity index (χ0n) is 10.4. The third-order valence-corrected chi connectivity index (χ3v) is 3.42. The van der Waals surface area contributed by atoms with Crippen LogP contribution in [0.15, 0.2) is 40.4 Å². The van der Waals surface area contributed by atoms with Crippen molar-refractivity contribution in [1.82, 2.24) is 10.6 Å². The molecule has 3 rings (SSSR count). The molecule has 1 aromatic heterocycles. The lowest BCUT2D eigenvalue weighted by molar-refractivity contribution is -0.115. The first kappa shape index (κ1) is 14.1. The summed E-state index contributed by atoms with van der Waals surface area (Å²) in [6, 6.07) is 8.66. The highest BCUT2D eigenvalue weighted by atomic mass is 35.5. The molecule has 7 heteroatoms. The SMILES string of the molecule is O=C1NC(=S)N/C1=C\c1ccc(-c2cc(Cl)cc(Cl)c2)o1. The fraction of sp³-hybridized carbons (Fsp3) is 0. The van der Waals surface area contributed by atoms with Gasteiger partial charge in [0.2, 0.25) is 0 Å². The van der Waals surface area contributed by atoms with E-state index in [4.69, 9.17) is 39.8 Å². The van der Waals surface area contributed by atoms with Gasteiger partial charge in [0.25, 0.3) is 5.91 Å². The summed E-state index contributed by atoms with van der Waals surface area (Å²) in [7, 11) is 0. The van der Waals surface area contributed by atoms with Crippen molar-refractivity contribution in [2.24, 2.45) is 0 Å². The van der Waals surface area contributed by atoms with Crippen molar-refractivity contribution in [1.29, 1.82) is 0 Å². The van der Waals surface area contributed by atoms with Crippen LogP contribution in [-0.4, -0.2) is 11.0 Å². The summed E-state index contributed by atoms with van der Waals surface area (Å²) in [6.45, 7) is 0. The van der Waals surface area contributed by atoms with Gasteiger partial charge in [-0.15, -0.1) is 0 Å². The highest BCUT2D eigenvalue weighted by molar-refractivity contribution is 7.80. The molecule has 2 heterocycles. The topological polar surface area (TPSA) is 54.3 Å². The fourth-order valence-electron chi connectivity index (χ4n) is 1.91. The van der Waals surface area contributed by atoms with Gasteiger partial charge in [0.15, 0.2) is 5.11 Å². The number of carbonyl (C=O) groups excluding carboxylic acids is 1. The molecule has 0 aliphatic carbocycles. The maximum absolute atomic E-state index is 11.5. The largest absolute Gasteiger partial charge is 0.457 e. The summed E-state index contributed by atoms with van der Waals surface area (Å²) >= 11 is 16.8. The smallest absolute Gasteiger partial charge is 0.274 e. The highest BCUT2D eigenvalue weighted by Gasteiger charge is 2.20. The molecule has 0 spiro atoms. The summed E-state index contributed by atoms with van der Waals surface area (Å²) in [5, 5.41) is 6.55. The van der Waals surface area contributed by atoms with Crippen LogP contribution in [0.5, 0.6) is 0 Å². The number of furan rings is 1. The summed E-state index contributed by atoms with van der Waals surface area (Å²) < 4.78 is 5.67. The molecule has 1 saturated heterocycles. The maximum Gasteiger partial charge on any atom is 0.274 e. The van der Waals surface area contributed by atoms with Crippen LogP contribution >= 0.6 is 35.4 Å². The number of hydrogen-bond acceptors (Lipinski definition) is 3. The average molecular weight is 339 g/mol. The third kappa shape index (κ3) is 3.10. The van der Waals surface area contributed by atoms with E-state index in [9.17, 15) is 4.79 Å². The second kappa shape index (κ2) is 5.52. The Kier molecular flexibility index (Phi) is 3.71. The van der Waals surface area contributed by atoms with Gasteiger partial charge in [-0.25, -0.2) is 0 Å². The molecule has 1 fully saturated rings. The molecular weight excluding hydrogens is 331 g/mol. The molecule has 4 nitrogen and oxygen atoms in total. The number of rotatable bonds is 2. The van der Waals surface area contributed by atoms with Crippen molar-refractivity contribution in [3.05, 3.63) is 51.8 Å². The van der Waals surface area contributed by atoms with Crippen LogP contribution < -0.4 is 10.6 Å². The van der Waals surface area contributed by atoms with Crippen molar-refractivity contribution in [3.8, 4) is 11.3 Å². The first-order valence-electron chi connectivity index (χ1n) is 5.91. The summed E-state index contributed by atoms with van der Waals surface area (Å²) in [5.74, 6) is 0.833. The van der Waals surface area contributed by atoms with Gasteiger partial charge in [-0.2, -0.15) is 0 Å². The molecule has 0 atom stereocenters. The average Bonchev–Trinajstić information content (AvgIpc) is 2.96. The lowest BCUT2D eigenvalue weighted by atomic mass is 10.2. The maximum atomic E-state index is 11.5. The van der Waals surface area contributed by atoms with Crippen LogP contribution in [0, 0.1) is 0 Å². The van der Waals surface area contributed by atoms with E-state index in [0.717, 1.165) is 5.56 Å². The van der Waals surface area contributed by atoms with E-state index in [1.165, 1.54) is 0 Å². The highest BCUT2D eigenvalue weighted by Crippen LogP contribution is 2.29. The van der Waals surface area contributed by atoms with Gasteiger partial charge >= 0.3 is 0 Å². The van der Waals surface area contributed by atoms with Crippen LogP contribution in [0.4, 0.5) is 0 Å². The van der Waals surface area contributed by atoms with Crippen LogP contribution in [0.3, 0.4) is 0 Å². The van der Waals surface area contributed by atoms with E-state index in [1.807, 2.05) is 0 Å². The number of hydrogen-bond donors (Lipinski definition) is 2. The second-order valence-corrected chi connectivity index (χ2v) is 5.61. The summed E-state index contributed by atoms with van der Waals surface area (Å²) in [6.07, 6.45) is 1.57. The number of thiocarbonyl (C=S) groups is 1. The van der Waals surface area contributed by atoms with Crippen LogP contribution in [0.25, 0.3) is 17.4 Å². The number of carbonyl (C=O) groups is 1. The Morgan fingerprint density at radius 2 is 1.81 bits per heavy atom. The number of halogens is 2. The monoisotopic (exact) mass is 338 g/mol. The molecule has 1 aromatic carbocycles. The molecule has 0 unspecified atom stereocenters. The van der Waals surface area contributed by atoms with Crippen LogP contribution in [-0.2, 0) is 4.79 Å². The molecule has 106 valence electrons. The predicted molar refractivity (Wildman–Crippen MR) is 86.0 cm³/mol. The molecular formula is C14H8Cl2N2O2S. The van der Waals surface area contributed by atoms with E-state index in [1.54, 1.807) is 36.4 Å². The third-order valence-electron chi connectivity index (χ3n) is 2.78. The Balaban J connectivity index is 1.92. The van der Waals surface area contributed by atoms with E-state index in [2.05, 4.69) is 10.6 Å². The Labute approximate surface area is 135 Å². The molecule has 21 heavy (non-hydrogen) atoms. The lowest BCUT2D eigenvalue weighted by Crippen LogP contribution is -2.21. The quantitative estimate of drug-likeness (QED) is 0.648. The Hall–Kier alpha value is -1.82. The van der Waals surface area contributed by atoms with E-state index < -0.39 is 0 Å². The minimum atomic E-state index is -0.288. The van der Waals surface area contributed by atoms with E-state index in [0.29, 0.717) is 27.3 Å². The van der Waals surface area contributed by atoms with Gasteiger partial charge in [-0.05, 0) is 42.5 Å². The molecule has 1 amide bonds. The number of amides is 1. The minimum absolute atomic E-state index is 0.277. The van der Waals surface area contributed by atoms with Crippen LogP contribution in [0.1, 0.15) is 5.76 Å². The van der Waals surface area contributed by atoms with Gasteiger partial charge in [-0.1, -0.05) is 23.2 Å². The van der Waals surface area contributed by atoms with E-state index in [-0.39, 0.29) is 11.0 Å². The van der Waals surface area contributed by atoms with Crippen molar-refractivity contribution >= 4 is 52.5 Å². The molecule has 0 saturated carbocycles. The summed E-state index contributed by atoms with van der Waals surface area (Å²) in [5.41, 5.74) is 1.10. The molecule has 1 aliphatic heterocycles. The van der Waals surface area contributed by atoms with Gasteiger partial charge < -0.3 is 9.73 Å². The van der Waals surface area contributed by atoms with Gasteiger partial charge in [0.1, 0.15) is 17.2 Å². The summed E-state index contributed by atoms with van der Waals surface area (Å²) in [4.78, 5) is 11.5. The molecule has 0 bridgehead atoms. The standard InChI is InChI=1S/C14H8Cl2N2O2S/c15-8-3-7(4-9(16)5-8)12-2-1-10(20-12)6-11-13(19)18-14(21)17-11/h1-6H,(H2,17,18,19,21)/b11-6-.